The van der Waals surface area contributed by atoms with Gasteiger partial charge in [-0.15, -0.1) is 0 Å². The van der Waals surface area contributed by atoms with E-state index in [-0.39, 0.29) is 17.4 Å². The van der Waals surface area contributed by atoms with E-state index in [1.807, 2.05) is 0 Å². The van der Waals surface area contributed by atoms with Gasteiger partial charge in [-0.25, -0.2) is 9.97 Å². The fraction of sp³-hybridized carbons (Fsp3) is 0.368. The van der Waals surface area contributed by atoms with E-state index in [1.54, 1.807) is 16.8 Å². The zero-order valence-electron chi connectivity index (χ0n) is 15.8. The molecule has 3 aromatic rings. The molecule has 3 rings (SSSR count). The number of hydrogen-bond donors (Lipinski definition) is 0. The second kappa shape index (κ2) is 7.85. The fourth-order valence-corrected chi connectivity index (χ4v) is 3.88. The molecule has 0 fully saturated rings. The maximum atomic E-state index is 13.5. The summed E-state index contributed by atoms with van der Waals surface area (Å²) in [5, 5.41) is 0.493. The van der Waals surface area contributed by atoms with Crippen LogP contribution in [0.1, 0.15) is 5.56 Å². The molecular weight excluding hydrogens is 407 g/mol. The van der Waals surface area contributed by atoms with Gasteiger partial charge in [-0.05, 0) is 17.7 Å². The Kier molecular flexibility index (Phi) is 5.83. The number of rotatable bonds is 6. The Bertz CT molecular complexity index is 983. The van der Waals surface area contributed by atoms with E-state index in [4.69, 9.17) is 16.3 Å². The molecule has 0 bridgehead atoms. The van der Waals surface area contributed by atoms with Crippen LogP contribution in [-0.4, -0.2) is 29.2 Å². The number of aromatic nitrogens is 3. The Morgan fingerprint density at radius 2 is 1.82 bits per heavy atom. The van der Waals surface area contributed by atoms with Crippen LogP contribution >= 0.6 is 11.6 Å². The highest BCUT2D eigenvalue weighted by Crippen LogP contribution is 2.41. The summed E-state index contributed by atoms with van der Waals surface area (Å²) >= 11 is 6.23. The van der Waals surface area contributed by atoms with E-state index in [9.17, 15) is 13.2 Å². The summed E-state index contributed by atoms with van der Waals surface area (Å²) in [5.74, 6) is 0. The van der Waals surface area contributed by atoms with Crippen molar-refractivity contribution in [3.63, 3.8) is 0 Å². The number of halogens is 4. The minimum absolute atomic E-state index is 0.0394. The molecule has 0 saturated heterocycles. The van der Waals surface area contributed by atoms with Crippen molar-refractivity contribution >= 4 is 30.7 Å². The minimum atomic E-state index is -4.49. The van der Waals surface area contributed by atoms with Gasteiger partial charge in [0, 0.05) is 26.4 Å². The molecule has 0 aliphatic heterocycles. The van der Waals surface area contributed by atoms with Crippen molar-refractivity contribution in [2.45, 2.75) is 38.6 Å². The normalized spacial score (nSPS) is 12.7. The molecule has 0 spiro atoms. The Morgan fingerprint density at radius 3 is 2.50 bits per heavy atom. The summed E-state index contributed by atoms with van der Waals surface area (Å²) < 4.78 is 48.0. The maximum Gasteiger partial charge on any atom is 0.417 e. The van der Waals surface area contributed by atoms with Crippen molar-refractivity contribution in [3.05, 3.63) is 47.5 Å². The van der Waals surface area contributed by atoms with E-state index < -0.39 is 19.8 Å². The minimum Gasteiger partial charge on any atom is -0.361 e. The molecule has 0 aliphatic carbocycles. The van der Waals surface area contributed by atoms with E-state index >= 15 is 0 Å². The topological polar surface area (TPSA) is 39.9 Å². The largest absolute Gasteiger partial charge is 0.417 e. The lowest BCUT2D eigenvalue weighted by Gasteiger charge is -2.15. The summed E-state index contributed by atoms with van der Waals surface area (Å²) in [4.78, 5) is 8.17. The van der Waals surface area contributed by atoms with Crippen LogP contribution in [0.3, 0.4) is 0 Å². The molecule has 4 nitrogen and oxygen atoms in total. The summed E-state index contributed by atoms with van der Waals surface area (Å²) in [6.45, 7) is 7.52. The van der Waals surface area contributed by atoms with Crippen LogP contribution < -0.4 is 0 Å². The highest BCUT2D eigenvalue weighted by molar-refractivity contribution is 6.76. The number of hydrogen-bond acceptors (Lipinski definition) is 3. The first-order valence-corrected chi connectivity index (χ1v) is 12.9. The third-order valence-electron chi connectivity index (χ3n) is 4.36. The van der Waals surface area contributed by atoms with Crippen LogP contribution in [0.15, 0.2) is 36.8 Å². The highest BCUT2D eigenvalue weighted by Gasteiger charge is 2.34. The molecule has 0 amide bonds. The average Bonchev–Trinajstić information content (AvgIpc) is 2.97. The number of alkyl halides is 3. The zero-order valence-corrected chi connectivity index (χ0v) is 17.6. The molecule has 28 heavy (non-hydrogen) atoms. The van der Waals surface area contributed by atoms with Gasteiger partial charge in [0.1, 0.15) is 23.9 Å². The molecule has 0 atom stereocenters. The second-order valence-electron chi connectivity index (χ2n) is 7.77. The van der Waals surface area contributed by atoms with Gasteiger partial charge in [0.15, 0.2) is 0 Å². The SMILES string of the molecule is C[Si](C)(C)CCOCn1cc(-c2ccccc2C(F)(F)F)c2c(Cl)ncnc21. The first kappa shape index (κ1) is 20.8. The molecule has 9 heteroatoms. The van der Waals surface area contributed by atoms with Crippen LogP contribution in [0.4, 0.5) is 13.2 Å². The van der Waals surface area contributed by atoms with Gasteiger partial charge < -0.3 is 9.30 Å². The molecular formula is C19H21ClF3N3OSi. The van der Waals surface area contributed by atoms with E-state index in [2.05, 4.69) is 29.6 Å². The summed E-state index contributed by atoms with van der Waals surface area (Å²) in [7, 11) is -1.24. The number of benzene rings is 1. The van der Waals surface area contributed by atoms with Gasteiger partial charge in [0.25, 0.3) is 0 Å². The predicted octanol–water partition coefficient (Wildman–Crippen LogP) is 6.08. The van der Waals surface area contributed by atoms with Crippen molar-refractivity contribution in [1.29, 1.82) is 0 Å². The monoisotopic (exact) mass is 427 g/mol. The van der Waals surface area contributed by atoms with Gasteiger partial charge in [0.05, 0.1) is 10.9 Å². The smallest absolute Gasteiger partial charge is 0.361 e. The number of fused-ring (bicyclic) bond motifs is 1. The standard InChI is InChI=1S/C19H21ClF3N3OSi/c1-28(2,3)9-8-27-12-26-10-14(16-17(20)24-11-25-18(16)26)13-6-4-5-7-15(13)19(21,22)23/h4-7,10-11H,8-9,12H2,1-3H3. The summed E-state index contributed by atoms with van der Waals surface area (Å²) in [5.41, 5.74) is 0.0912. The van der Waals surface area contributed by atoms with Crippen LogP contribution in [0, 0.1) is 0 Å². The van der Waals surface area contributed by atoms with Crippen molar-refractivity contribution in [3.8, 4) is 11.1 Å². The molecule has 0 aliphatic rings. The number of ether oxygens (including phenoxy) is 1. The Hall–Kier alpha value is -1.90. The fourth-order valence-electron chi connectivity index (χ4n) is 2.90. The second-order valence-corrected chi connectivity index (χ2v) is 13.7. The summed E-state index contributed by atoms with van der Waals surface area (Å²) in [6, 6.07) is 6.41. The zero-order chi connectivity index (χ0) is 20.5. The van der Waals surface area contributed by atoms with Crippen LogP contribution in [0.5, 0.6) is 0 Å². The van der Waals surface area contributed by atoms with Gasteiger partial charge >= 0.3 is 6.18 Å². The van der Waals surface area contributed by atoms with Crippen molar-refractivity contribution in [2.75, 3.05) is 6.61 Å². The average molecular weight is 428 g/mol. The Morgan fingerprint density at radius 1 is 1.11 bits per heavy atom. The van der Waals surface area contributed by atoms with Crippen molar-refractivity contribution in [1.82, 2.24) is 14.5 Å². The van der Waals surface area contributed by atoms with Crippen LogP contribution in [-0.2, 0) is 17.6 Å². The van der Waals surface area contributed by atoms with Gasteiger partial charge in [0.2, 0.25) is 0 Å². The maximum absolute atomic E-state index is 13.5. The van der Waals surface area contributed by atoms with Gasteiger partial charge in [-0.1, -0.05) is 49.4 Å². The van der Waals surface area contributed by atoms with Crippen LogP contribution in [0.25, 0.3) is 22.2 Å². The molecule has 1 aromatic carbocycles. The quantitative estimate of drug-likeness (QED) is 0.272. The lowest BCUT2D eigenvalue weighted by Crippen LogP contribution is -2.22. The molecule has 2 aromatic heterocycles. The predicted molar refractivity (Wildman–Crippen MR) is 107 cm³/mol. The number of nitrogens with zero attached hydrogens (tertiary/aromatic N) is 3. The molecule has 150 valence electrons. The molecule has 0 radical (unpaired) electrons. The lowest BCUT2D eigenvalue weighted by molar-refractivity contribution is -0.137. The first-order valence-electron chi connectivity index (χ1n) is 8.81. The third-order valence-corrected chi connectivity index (χ3v) is 6.35. The lowest BCUT2D eigenvalue weighted by atomic mass is 10.00. The molecule has 0 unspecified atom stereocenters. The Labute approximate surface area is 167 Å². The molecule has 2 heterocycles. The van der Waals surface area contributed by atoms with Gasteiger partial charge in [-0.2, -0.15) is 13.2 Å². The first-order chi connectivity index (χ1) is 13.1. The summed E-state index contributed by atoms with van der Waals surface area (Å²) in [6.07, 6.45) is -1.59. The highest BCUT2D eigenvalue weighted by atomic mass is 35.5. The van der Waals surface area contributed by atoms with Crippen molar-refractivity contribution < 1.29 is 17.9 Å². The van der Waals surface area contributed by atoms with E-state index in [0.29, 0.717) is 23.2 Å². The molecule has 0 N–H and O–H groups in total. The van der Waals surface area contributed by atoms with Crippen molar-refractivity contribution in [2.24, 2.45) is 0 Å². The third kappa shape index (κ3) is 4.56. The van der Waals surface area contributed by atoms with Gasteiger partial charge in [-0.3, -0.25) is 0 Å². The van der Waals surface area contributed by atoms with Crippen LogP contribution in [0.2, 0.25) is 30.8 Å². The van der Waals surface area contributed by atoms with E-state index in [1.165, 1.54) is 18.5 Å². The Balaban J connectivity index is 2.03. The van der Waals surface area contributed by atoms with E-state index in [0.717, 1.165) is 12.1 Å². The molecule has 0 saturated carbocycles.